The van der Waals surface area contributed by atoms with E-state index in [0.29, 0.717) is 19.3 Å². The molecule has 4 N–H and O–H groups in total. The zero-order chi connectivity index (χ0) is 82.2. The average Bonchev–Trinajstić information content (AvgIpc) is 0.900. The molecule has 18 heteroatoms. The summed E-state index contributed by atoms with van der Waals surface area (Å²) >= 11 is 0. The van der Waals surface area contributed by atoms with Crippen LogP contribution in [0.25, 0.3) is 0 Å². The third kappa shape index (κ3) is 87.3. The Hall–Kier alpha value is -5.35. The first kappa shape index (κ1) is 108. The first-order valence-corrected chi connectivity index (χ1v) is 47.1. The predicted molar refractivity (Wildman–Crippen MR) is 472 cm³/mol. The Labute approximate surface area is 687 Å². The quantitative estimate of drug-likeness (QED) is 0.0146. The lowest BCUT2D eigenvalue weighted by Gasteiger charge is -2.21. The standard InChI is InChI=1S/C95H158O16P2/c1-4-7-10-13-16-19-22-25-28-31-34-37-39-40-41-42-43-44-45-46-47-48-50-53-54-57-60-63-66-69-72-75-78-81-93(98)105-84-90(96)85-107-112(101,102)108-86-91(97)87-109-113(103,104)110-89-92(111-95(100)83-80-77-74-71-68-65-62-59-56-51-36-33-30-27-24-21-18-15-12-9-6-3)88-106-94(99)82-79-76-73-70-67-64-61-58-55-52-49-38-35-32-29-26-23-20-17-14-11-8-5-2/h7-8,10-11,16-21,25-30,34-38,40-41,43-44,51-52,55,59,62,90-92,96-97H,4-6,9,12-15,22-24,31-33,39,42,45-50,53-54,56-58,60-61,63-89H2,1-3H3,(H,101,102)(H,103,104)/b10-7-,11-8-,19-16-,20-17-,21-18-,28-25-,29-26-,30-27-,37-34-,38-35-,41-40-,44-43-,51-36-,55-52-,62-59-. The molecule has 0 aromatic heterocycles. The fourth-order valence-corrected chi connectivity index (χ4v) is 13.1. The lowest BCUT2D eigenvalue weighted by molar-refractivity contribution is -0.161. The second-order valence-electron chi connectivity index (χ2n) is 28.9. The molecule has 0 spiro atoms. The van der Waals surface area contributed by atoms with Crippen LogP contribution in [0.15, 0.2) is 182 Å². The smallest absolute Gasteiger partial charge is 0.463 e. The Balaban J connectivity index is 4.60. The van der Waals surface area contributed by atoms with Gasteiger partial charge in [0, 0.05) is 19.3 Å². The maximum Gasteiger partial charge on any atom is 0.472 e. The number of phosphoric ester groups is 2. The molecule has 0 amide bonds. The summed E-state index contributed by atoms with van der Waals surface area (Å²) in [7, 11) is -9.82. The Bertz CT molecular complexity index is 2780. The lowest BCUT2D eigenvalue weighted by atomic mass is 10.0. The van der Waals surface area contributed by atoms with Gasteiger partial charge in [-0.3, -0.25) is 32.5 Å². The first-order chi connectivity index (χ1) is 55.2. The number of aliphatic hydroxyl groups excluding tert-OH is 2. The predicted octanol–water partition coefficient (Wildman–Crippen LogP) is 26.9. The van der Waals surface area contributed by atoms with Crippen molar-refractivity contribution in [3.8, 4) is 0 Å². The van der Waals surface area contributed by atoms with Gasteiger partial charge in [0.2, 0.25) is 0 Å². The fraction of sp³-hybridized carbons (Fsp3) is 0.653. The third-order valence-corrected chi connectivity index (χ3v) is 20.0. The van der Waals surface area contributed by atoms with Crippen LogP contribution in [0.4, 0.5) is 0 Å². The van der Waals surface area contributed by atoms with Gasteiger partial charge >= 0.3 is 33.6 Å². The molecule has 0 aromatic rings. The van der Waals surface area contributed by atoms with Crippen LogP contribution in [0.3, 0.4) is 0 Å². The van der Waals surface area contributed by atoms with Crippen molar-refractivity contribution in [2.45, 2.75) is 360 Å². The average molecular weight is 1620 g/mol. The minimum absolute atomic E-state index is 0.0753. The summed E-state index contributed by atoms with van der Waals surface area (Å²) in [5, 5.41) is 20.7. The van der Waals surface area contributed by atoms with Gasteiger partial charge in [-0.15, -0.1) is 0 Å². The van der Waals surface area contributed by atoms with E-state index in [1.165, 1.54) is 83.5 Å². The zero-order valence-electron chi connectivity index (χ0n) is 70.7. The van der Waals surface area contributed by atoms with Crippen molar-refractivity contribution in [1.82, 2.24) is 0 Å². The van der Waals surface area contributed by atoms with Crippen LogP contribution in [0.2, 0.25) is 0 Å². The molecule has 0 aliphatic carbocycles. The minimum atomic E-state index is -4.95. The van der Waals surface area contributed by atoms with Gasteiger partial charge in [0.05, 0.1) is 26.4 Å². The summed E-state index contributed by atoms with van der Waals surface area (Å²) in [6, 6.07) is 0. The second kappa shape index (κ2) is 86.0. The van der Waals surface area contributed by atoms with Crippen molar-refractivity contribution in [1.29, 1.82) is 0 Å². The molecule has 5 unspecified atom stereocenters. The van der Waals surface area contributed by atoms with Gasteiger partial charge in [-0.25, -0.2) is 9.13 Å². The van der Waals surface area contributed by atoms with Crippen molar-refractivity contribution in [3.63, 3.8) is 0 Å². The minimum Gasteiger partial charge on any atom is -0.463 e. The zero-order valence-corrected chi connectivity index (χ0v) is 72.5. The van der Waals surface area contributed by atoms with E-state index in [1.807, 2.05) is 0 Å². The van der Waals surface area contributed by atoms with E-state index in [9.17, 15) is 43.5 Å². The number of unbranched alkanes of at least 4 members (excludes halogenated alkanes) is 29. The number of aliphatic hydroxyl groups is 2. The summed E-state index contributed by atoms with van der Waals surface area (Å²) in [6.07, 6.45) is 112. The van der Waals surface area contributed by atoms with Crippen molar-refractivity contribution >= 4 is 33.6 Å². The van der Waals surface area contributed by atoms with E-state index in [1.54, 1.807) is 0 Å². The van der Waals surface area contributed by atoms with E-state index >= 15 is 0 Å². The molecule has 0 rings (SSSR count). The van der Waals surface area contributed by atoms with Gasteiger partial charge in [-0.05, 0) is 161 Å². The largest absolute Gasteiger partial charge is 0.472 e. The van der Waals surface area contributed by atoms with E-state index in [0.717, 1.165) is 199 Å². The van der Waals surface area contributed by atoms with Gasteiger partial charge in [0.15, 0.2) is 6.10 Å². The molecule has 0 aliphatic heterocycles. The Morgan fingerprint density at radius 2 is 0.469 bits per heavy atom. The monoisotopic (exact) mass is 1620 g/mol. The number of esters is 3. The lowest BCUT2D eigenvalue weighted by Crippen LogP contribution is -2.30. The SMILES string of the molecule is CC/C=C\C/C=C\C/C=C\C/C=C\C/C=C\C/C=C\CCCCCCCCCCCCCCCCC(=O)OCC(O)COP(=O)(O)OCC(O)COP(=O)(O)OCC(COC(=O)CCCCCCCCC/C=C\C/C=C\C/C=C\C/C=C\C/C=C\CC)OC(=O)CCCCCCC/C=C\C/C=C\C/C=C\C/C=C\CCCCC. The van der Waals surface area contributed by atoms with E-state index in [4.69, 9.17) is 32.3 Å². The van der Waals surface area contributed by atoms with Crippen molar-refractivity contribution in [2.24, 2.45) is 0 Å². The van der Waals surface area contributed by atoms with Gasteiger partial charge in [0.25, 0.3) is 0 Å². The molecule has 0 heterocycles. The summed E-state index contributed by atoms with van der Waals surface area (Å²) in [5.41, 5.74) is 0. The van der Waals surface area contributed by atoms with Gasteiger partial charge < -0.3 is 34.2 Å². The van der Waals surface area contributed by atoms with Crippen molar-refractivity contribution < 1.29 is 75.8 Å². The number of rotatable bonds is 82. The molecule has 0 saturated carbocycles. The molecule has 5 atom stereocenters. The molecule has 0 saturated heterocycles. The number of hydrogen-bond donors (Lipinski definition) is 4. The highest BCUT2D eigenvalue weighted by Gasteiger charge is 2.29. The maximum absolute atomic E-state index is 13.0. The van der Waals surface area contributed by atoms with Crippen LogP contribution in [-0.2, 0) is 55.8 Å². The molecule has 113 heavy (non-hydrogen) atoms. The Morgan fingerprint density at radius 1 is 0.257 bits per heavy atom. The topological polar surface area (TPSA) is 231 Å². The number of hydrogen-bond acceptors (Lipinski definition) is 14. The van der Waals surface area contributed by atoms with Crippen molar-refractivity contribution in [2.75, 3.05) is 39.6 Å². The van der Waals surface area contributed by atoms with Crippen LogP contribution in [0.1, 0.15) is 342 Å². The number of ether oxygens (including phenoxy) is 3. The summed E-state index contributed by atoms with van der Waals surface area (Å²) < 4.78 is 61.4. The van der Waals surface area contributed by atoms with Crippen LogP contribution in [0.5, 0.6) is 0 Å². The molecule has 0 aliphatic rings. The molecule has 0 aromatic carbocycles. The second-order valence-corrected chi connectivity index (χ2v) is 31.8. The molecule has 0 fully saturated rings. The van der Waals surface area contributed by atoms with E-state index < -0.39 is 91.5 Å². The normalized spacial score (nSPS) is 14.7. The van der Waals surface area contributed by atoms with Crippen LogP contribution in [-0.4, -0.2) is 95.9 Å². The fourth-order valence-electron chi connectivity index (χ4n) is 11.5. The highest BCUT2D eigenvalue weighted by atomic mass is 31.2. The number of phosphoric acid groups is 2. The first-order valence-electron chi connectivity index (χ1n) is 44.1. The molecular weight excluding hydrogens is 1460 g/mol. The van der Waals surface area contributed by atoms with Gasteiger partial charge in [0.1, 0.15) is 25.4 Å². The van der Waals surface area contributed by atoms with Gasteiger partial charge in [-0.1, -0.05) is 344 Å². The molecule has 0 bridgehead atoms. The molecular formula is C95H158O16P2. The van der Waals surface area contributed by atoms with Crippen LogP contribution in [0, 0.1) is 0 Å². The van der Waals surface area contributed by atoms with E-state index in [-0.39, 0.29) is 19.3 Å². The third-order valence-electron chi connectivity index (χ3n) is 18.1. The van der Waals surface area contributed by atoms with E-state index in [2.05, 4.69) is 203 Å². The Morgan fingerprint density at radius 3 is 0.743 bits per heavy atom. The number of carbonyl (C=O) groups excluding carboxylic acids is 3. The summed E-state index contributed by atoms with van der Waals surface area (Å²) in [6.45, 7) is 2.41. The summed E-state index contributed by atoms with van der Waals surface area (Å²) in [4.78, 5) is 58.9. The molecule has 644 valence electrons. The highest BCUT2D eigenvalue weighted by molar-refractivity contribution is 7.47. The molecule has 16 nitrogen and oxygen atoms in total. The van der Waals surface area contributed by atoms with Gasteiger partial charge in [-0.2, -0.15) is 0 Å². The highest BCUT2D eigenvalue weighted by Crippen LogP contribution is 2.45. The molecule has 0 radical (unpaired) electrons. The Kier molecular flexibility index (Phi) is 81.9. The van der Waals surface area contributed by atoms with Crippen LogP contribution < -0.4 is 0 Å². The van der Waals surface area contributed by atoms with Crippen molar-refractivity contribution in [3.05, 3.63) is 182 Å². The number of allylic oxidation sites excluding steroid dienone is 30. The summed E-state index contributed by atoms with van der Waals surface area (Å²) in [5.74, 6) is -1.61. The van der Waals surface area contributed by atoms with Crippen LogP contribution >= 0.6 is 15.6 Å². The number of carbonyl (C=O) groups is 3. The maximum atomic E-state index is 13.0.